The molecule has 7 nitrogen and oxygen atoms in total. The molecule has 1 aliphatic carbocycles. The maximum absolute atomic E-state index is 14.3. The number of nitrogens with two attached hydrogens (primary N) is 1. The van der Waals surface area contributed by atoms with Gasteiger partial charge >= 0.3 is 0 Å². The zero-order valence-corrected chi connectivity index (χ0v) is 23.9. The van der Waals surface area contributed by atoms with Crippen LogP contribution in [0.15, 0.2) is 84.0 Å². The first-order chi connectivity index (χ1) is 20.0. The van der Waals surface area contributed by atoms with Crippen molar-refractivity contribution in [3.63, 3.8) is 0 Å². The number of carbonyl (C=O) groups excluding carboxylic acids is 1. The van der Waals surface area contributed by atoms with Gasteiger partial charge in [0.25, 0.3) is 0 Å². The molecule has 0 radical (unpaired) electrons. The highest BCUT2D eigenvalue weighted by molar-refractivity contribution is 6.14. The van der Waals surface area contributed by atoms with Crippen LogP contribution in [-0.2, 0) is 16.8 Å². The van der Waals surface area contributed by atoms with Gasteiger partial charge in [0.15, 0.2) is 0 Å². The largest absolute Gasteiger partial charge is 0.497 e. The molecule has 41 heavy (non-hydrogen) atoms. The number of benzene rings is 3. The van der Waals surface area contributed by atoms with Crippen LogP contribution in [0, 0.1) is 0 Å². The topological polar surface area (TPSA) is 80.4 Å². The van der Waals surface area contributed by atoms with Gasteiger partial charge in [0.05, 0.1) is 36.2 Å². The summed E-state index contributed by atoms with van der Waals surface area (Å²) in [6, 6.07) is 22.0. The van der Waals surface area contributed by atoms with Crippen molar-refractivity contribution in [3.8, 4) is 11.5 Å². The van der Waals surface area contributed by atoms with Gasteiger partial charge in [-0.2, -0.15) is 0 Å². The number of hydrogen-bond acceptors (Lipinski definition) is 6. The number of aliphatic imine (C=N–C) groups is 1. The van der Waals surface area contributed by atoms with Crippen LogP contribution in [0.5, 0.6) is 11.5 Å². The summed E-state index contributed by atoms with van der Waals surface area (Å²) in [5.74, 6) is 1.71. The van der Waals surface area contributed by atoms with E-state index < -0.39 is 5.41 Å². The molecule has 3 aliphatic rings. The Morgan fingerprint density at radius 2 is 1.80 bits per heavy atom. The first-order valence-electron chi connectivity index (χ1n) is 14.5. The van der Waals surface area contributed by atoms with E-state index in [0.717, 1.165) is 90.5 Å². The van der Waals surface area contributed by atoms with E-state index in [9.17, 15) is 4.79 Å². The van der Waals surface area contributed by atoms with Gasteiger partial charge < -0.3 is 25.0 Å². The van der Waals surface area contributed by atoms with Crippen molar-refractivity contribution in [2.45, 2.75) is 50.2 Å². The number of amides is 1. The van der Waals surface area contributed by atoms with Crippen LogP contribution in [-0.4, -0.2) is 49.9 Å². The van der Waals surface area contributed by atoms with Gasteiger partial charge in [-0.05, 0) is 92.5 Å². The molecule has 2 aliphatic heterocycles. The molecule has 212 valence electrons. The van der Waals surface area contributed by atoms with Crippen LogP contribution < -0.4 is 20.1 Å². The number of fused-ring (bicyclic) bond motifs is 2. The number of likely N-dealkylation sites (tertiary alicyclic amines) is 1. The summed E-state index contributed by atoms with van der Waals surface area (Å²) in [4.78, 5) is 23.5. The van der Waals surface area contributed by atoms with E-state index in [2.05, 4.69) is 24.1 Å². The van der Waals surface area contributed by atoms with Crippen LogP contribution >= 0.6 is 0 Å². The molecule has 0 unspecified atom stereocenters. The zero-order chi connectivity index (χ0) is 28.4. The number of carbonyl (C=O) groups is 1. The SMILES string of the molecule is COc1ccc(CN2C(=O)C3(CCC3)c3cc(C(C=CN)=Nc4ccccc4)cc(OC4CCN(C)CC4)c32)cc1. The molecule has 6 rings (SSSR count). The number of methoxy groups -OCH3 is 1. The van der Waals surface area contributed by atoms with E-state index in [1.54, 1.807) is 7.11 Å². The maximum Gasteiger partial charge on any atom is 0.238 e. The van der Waals surface area contributed by atoms with Gasteiger partial charge in [-0.3, -0.25) is 4.79 Å². The molecule has 3 aromatic carbocycles. The fraction of sp³-hybridized carbons (Fsp3) is 0.353. The molecule has 3 aromatic rings. The third-order valence-corrected chi connectivity index (χ3v) is 8.74. The van der Waals surface area contributed by atoms with Gasteiger partial charge in [-0.25, -0.2) is 4.99 Å². The number of piperidine rings is 1. The Bertz CT molecular complexity index is 1450. The molecular weight excluding hydrogens is 512 g/mol. The zero-order valence-electron chi connectivity index (χ0n) is 23.9. The van der Waals surface area contributed by atoms with Crippen LogP contribution in [0.1, 0.15) is 48.8 Å². The van der Waals surface area contributed by atoms with Crippen molar-refractivity contribution >= 4 is 23.0 Å². The highest BCUT2D eigenvalue weighted by atomic mass is 16.5. The summed E-state index contributed by atoms with van der Waals surface area (Å²) in [5.41, 5.74) is 10.9. The number of hydrogen-bond donors (Lipinski definition) is 1. The molecular formula is C34H38N4O3. The number of para-hydroxylation sites is 1. The van der Waals surface area contributed by atoms with Crippen LogP contribution in [0.4, 0.5) is 11.4 Å². The average molecular weight is 551 g/mol. The predicted molar refractivity (Wildman–Crippen MR) is 163 cm³/mol. The van der Waals surface area contributed by atoms with E-state index >= 15 is 0 Å². The number of anilines is 1. The van der Waals surface area contributed by atoms with E-state index in [-0.39, 0.29) is 12.0 Å². The molecule has 7 heteroatoms. The summed E-state index contributed by atoms with van der Waals surface area (Å²) in [6.07, 6.45) is 8.03. The highest BCUT2D eigenvalue weighted by Crippen LogP contribution is 2.57. The van der Waals surface area contributed by atoms with E-state index in [1.807, 2.05) is 65.6 Å². The van der Waals surface area contributed by atoms with Crippen LogP contribution in [0.25, 0.3) is 0 Å². The Morgan fingerprint density at radius 3 is 2.44 bits per heavy atom. The summed E-state index contributed by atoms with van der Waals surface area (Å²) >= 11 is 0. The van der Waals surface area contributed by atoms with Gasteiger partial charge in [0.2, 0.25) is 5.91 Å². The molecule has 2 heterocycles. The van der Waals surface area contributed by atoms with Crippen LogP contribution in [0.3, 0.4) is 0 Å². The molecule has 0 aromatic heterocycles. The molecule has 1 saturated heterocycles. The van der Waals surface area contributed by atoms with E-state index in [4.69, 9.17) is 20.2 Å². The predicted octanol–water partition coefficient (Wildman–Crippen LogP) is 5.73. The third-order valence-electron chi connectivity index (χ3n) is 8.74. The van der Waals surface area contributed by atoms with Crippen molar-refractivity contribution < 1.29 is 14.3 Å². The third kappa shape index (κ3) is 5.22. The van der Waals surface area contributed by atoms with Gasteiger partial charge in [-0.15, -0.1) is 0 Å². The Balaban J connectivity index is 1.47. The van der Waals surface area contributed by atoms with E-state index in [0.29, 0.717) is 6.54 Å². The molecule has 2 fully saturated rings. The molecule has 1 amide bonds. The summed E-state index contributed by atoms with van der Waals surface area (Å²) < 4.78 is 12.2. The van der Waals surface area contributed by atoms with Crippen molar-refractivity contribution in [2.24, 2.45) is 10.7 Å². The van der Waals surface area contributed by atoms with Gasteiger partial charge in [-0.1, -0.05) is 36.8 Å². The lowest BCUT2D eigenvalue weighted by Crippen LogP contribution is -2.44. The minimum atomic E-state index is -0.521. The molecule has 0 atom stereocenters. The molecule has 1 saturated carbocycles. The van der Waals surface area contributed by atoms with Crippen molar-refractivity contribution in [3.05, 3.63) is 95.7 Å². The second-order valence-corrected chi connectivity index (χ2v) is 11.4. The number of nitrogens with zero attached hydrogens (tertiary/aromatic N) is 3. The standard InChI is InChI=1S/C34H38N4O3/c1-37-19-14-28(15-20-37)41-31-22-25(30(13-18-35)36-26-7-4-3-5-8-26)21-29-32(31)38(33(39)34(29)16-6-17-34)23-24-9-11-27(40-2)12-10-24/h3-5,7-13,18,21-22,28H,6,14-17,19-20,23,35H2,1-2H3. The van der Waals surface area contributed by atoms with Crippen LogP contribution in [0.2, 0.25) is 0 Å². The minimum absolute atomic E-state index is 0.0843. The fourth-order valence-corrected chi connectivity index (χ4v) is 6.25. The average Bonchev–Trinajstić information content (AvgIpc) is 3.23. The molecule has 1 spiro atoms. The summed E-state index contributed by atoms with van der Waals surface area (Å²) in [5, 5.41) is 0. The number of allylic oxidation sites excluding steroid dienone is 1. The lowest BCUT2D eigenvalue weighted by molar-refractivity contribution is -0.126. The Kier molecular flexibility index (Phi) is 7.54. The van der Waals surface area contributed by atoms with Crippen molar-refractivity contribution in [1.82, 2.24) is 4.90 Å². The van der Waals surface area contributed by atoms with E-state index in [1.165, 1.54) is 6.20 Å². The second-order valence-electron chi connectivity index (χ2n) is 11.4. The normalized spacial score (nSPS) is 19.0. The smallest absolute Gasteiger partial charge is 0.238 e. The lowest BCUT2D eigenvalue weighted by Gasteiger charge is -2.37. The summed E-state index contributed by atoms with van der Waals surface area (Å²) in [6.45, 7) is 2.46. The Morgan fingerprint density at radius 1 is 1.07 bits per heavy atom. The Labute approximate surface area is 242 Å². The highest BCUT2D eigenvalue weighted by Gasteiger charge is 2.55. The molecule has 0 bridgehead atoms. The van der Waals surface area contributed by atoms with Gasteiger partial charge in [0.1, 0.15) is 17.6 Å². The van der Waals surface area contributed by atoms with Crippen molar-refractivity contribution in [1.29, 1.82) is 0 Å². The maximum atomic E-state index is 14.3. The lowest BCUT2D eigenvalue weighted by atomic mass is 9.65. The van der Waals surface area contributed by atoms with Crippen molar-refractivity contribution in [2.75, 3.05) is 32.1 Å². The first-order valence-corrected chi connectivity index (χ1v) is 14.5. The number of rotatable bonds is 8. The van der Waals surface area contributed by atoms with Gasteiger partial charge in [0, 0.05) is 18.7 Å². The first kappa shape index (κ1) is 27.1. The summed E-state index contributed by atoms with van der Waals surface area (Å²) in [7, 11) is 3.81. The Hall–Kier alpha value is -4.10. The molecule has 2 N–H and O–H groups in total. The fourth-order valence-electron chi connectivity index (χ4n) is 6.25. The second kappa shape index (κ2) is 11.4. The minimum Gasteiger partial charge on any atom is -0.497 e. The quantitative estimate of drug-likeness (QED) is 0.363. The number of ether oxygens (including phenoxy) is 2. The monoisotopic (exact) mass is 550 g/mol.